The van der Waals surface area contributed by atoms with E-state index in [0.29, 0.717) is 5.56 Å². The number of hydrogen-bond acceptors (Lipinski definition) is 3. The zero-order valence-electron chi connectivity index (χ0n) is 9.79. The van der Waals surface area contributed by atoms with Gasteiger partial charge in [0.1, 0.15) is 0 Å². The van der Waals surface area contributed by atoms with Crippen molar-refractivity contribution in [3.8, 4) is 0 Å². The van der Waals surface area contributed by atoms with Crippen LogP contribution in [0.3, 0.4) is 0 Å². The van der Waals surface area contributed by atoms with Crippen molar-refractivity contribution in [3.63, 3.8) is 0 Å². The zero-order valence-corrected chi connectivity index (χ0v) is 9.79. The van der Waals surface area contributed by atoms with Crippen molar-refractivity contribution in [2.24, 2.45) is 0 Å². The zero-order chi connectivity index (χ0) is 13.7. The Balaban J connectivity index is 2.71. The molecule has 1 aromatic carbocycles. The van der Waals surface area contributed by atoms with Gasteiger partial charge in [0.05, 0.1) is 12.0 Å². The molecule has 0 saturated heterocycles. The number of benzene rings is 1. The summed E-state index contributed by atoms with van der Waals surface area (Å²) in [6.07, 6.45) is -0.130. The highest BCUT2D eigenvalue weighted by molar-refractivity contribution is 5.95. The van der Waals surface area contributed by atoms with Gasteiger partial charge in [-0.2, -0.15) is 0 Å². The van der Waals surface area contributed by atoms with Gasteiger partial charge in [0.15, 0.2) is 0 Å². The number of carboxylic acids is 2. The molecule has 0 aliphatic heterocycles. The number of hydrogen-bond donors (Lipinski definition) is 2. The average Bonchev–Trinajstić information content (AvgIpc) is 2.35. The number of carboxylic acid groups (broad SMARTS) is 2. The lowest BCUT2D eigenvalue weighted by molar-refractivity contribution is -0.137. The van der Waals surface area contributed by atoms with Crippen LogP contribution in [0.25, 0.3) is 0 Å². The van der Waals surface area contributed by atoms with E-state index in [2.05, 4.69) is 0 Å². The van der Waals surface area contributed by atoms with E-state index in [1.165, 1.54) is 36.2 Å². The molecule has 0 fully saturated rings. The molecular formula is C12H13NO5. The largest absolute Gasteiger partial charge is 0.481 e. The van der Waals surface area contributed by atoms with E-state index in [-0.39, 0.29) is 24.4 Å². The summed E-state index contributed by atoms with van der Waals surface area (Å²) in [6.45, 7) is 0.106. The van der Waals surface area contributed by atoms with Crippen LogP contribution in [-0.4, -0.2) is 46.6 Å². The van der Waals surface area contributed by atoms with Crippen molar-refractivity contribution in [3.05, 3.63) is 35.4 Å². The van der Waals surface area contributed by atoms with Gasteiger partial charge in [-0.1, -0.05) is 0 Å². The highest BCUT2D eigenvalue weighted by Gasteiger charge is 2.13. The first-order chi connectivity index (χ1) is 8.41. The van der Waals surface area contributed by atoms with Gasteiger partial charge in [0.2, 0.25) is 0 Å². The van der Waals surface area contributed by atoms with Crippen molar-refractivity contribution >= 4 is 17.8 Å². The lowest BCUT2D eigenvalue weighted by Crippen LogP contribution is -2.29. The first-order valence-electron chi connectivity index (χ1n) is 5.22. The summed E-state index contributed by atoms with van der Waals surface area (Å²) in [4.78, 5) is 34.1. The quantitative estimate of drug-likeness (QED) is 0.811. The molecule has 0 atom stereocenters. The summed E-state index contributed by atoms with van der Waals surface area (Å²) in [6, 6.07) is 5.48. The third-order valence-corrected chi connectivity index (χ3v) is 2.39. The molecule has 0 aliphatic carbocycles. The maximum Gasteiger partial charge on any atom is 0.335 e. The van der Waals surface area contributed by atoms with Crippen LogP contribution in [-0.2, 0) is 4.79 Å². The first-order valence-corrected chi connectivity index (χ1v) is 5.22. The minimum absolute atomic E-state index is 0.0970. The highest BCUT2D eigenvalue weighted by atomic mass is 16.4. The molecule has 0 aliphatic rings. The topological polar surface area (TPSA) is 94.9 Å². The fourth-order valence-electron chi connectivity index (χ4n) is 1.34. The SMILES string of the molecule is CN(CCC(=O)O)C(=O)c1ccc(C(=O)O)cc1. The predicted octanol–water partition coefficient (Wildman–Crippen LogP) is 0.931. The van der Waals surface area contributed by atoms with Gasteiger partial charge < -0.3 is 15.1 Å². The third-order valence-electron chi connectivity index (χ3n) is 2.39. The third kappa shape index (κ3) is 3.58. The summed E-state index contributed by atoms with van der Waals surface area (Å²) in [5, 5.41) is 17.2. The van der Waals surface area contributed by atoms with E-state index in [9.17, 15) is 14.4 Å². The molecule has 0 saturated carbocycles. The second kappa shape index (κ2) is 5.81. The predicted molar refractivity (Wildman–Crippen MR) is 62.6 cm³/mol. The van der Waals surface area contributed by atoms with Crippen molar-refractivity contribution < 1.29 is 24.6 Å². The van der Waals surface area contributed by atoms with Crippen LogP contribution in [0.1, 0.15) is 27.1 Å². The summed E-state index contributed by atoms with van der Waals surface area (Å²) < 4.78 is 0. The standard InChI is InChI=1S/C12H13NO5/c1-13(7-6-10(14)15)11(16)8-2-4-9(5-3-8)12(17)18/h2-5H,6-7H2,1H3,(H,14,15)(H,17,18). The molecule has 0 aromatic heterocycles. The van der Waals surface area contributed by atoms with Crippen molar-refractivity contribution in [2.75, 3.05) is 13.6 Å². The number of carbonyl (C=O) groups is 3. The second-order valence-electron chi connectivity index (χ2n) is 3.75. The second-order valence-corrected chi connectivity index (χ2v) is 3.75. The van der Waals surface area contributed by atoms with Crippen LogP contribution in [0.5, 0.6) is 0 Å². The smallest absolute Gasteiger partial charge is 0.335 e. The van der Waals surface area contributed by atoms with Crippen LogP contribution in [0, 0.1) is 0 Å². The molecule has 2 N–H and O–H groups in total. The summed E-state index contributed by atoms with van der Waals surface area (Å²) in [5.41, 5.74) is 0.424. The monoisotopic (exact) mass is 251 g/mol. The van der Waals surface area contributed by atoms with Gasteiger partial charge in [0, 0.05) is 19.2 Å². The Kier molecular flexibility index (Phi) is 4.42. The Morgan fingerprint density at radius 1 is 1.06 bits per heavy atom. The molecule has 0 unspecified atom stereocenters. The Hall–Kier alpha value is -2.37. The Morgan fingerprint density at radius 3 is 2.00 bits per heavy atom. The number of aromatic carboxylic acids is 1. The Morgan fingerprint density at radius 2 is 1.56 bits per heavy atom. The van der Waals surface area contributed by atoms with Crippen molar-refractivity contribution in [1.29, 1.82) is 0 Å². The molecule has 6 nitrogen and oxygen atoms in total. The van der Waals surface area contributed by atoms with Crippen LogP contribution < -0.4 is 0 Å². The molecule has 1 amide bonds. The number of carbonyl (C=O) groups excluding carboxylic acids is 1. The van der Waals surface area contributed by atoms with Gasteiger partial charge in [-0.25, -0.2) is 4.79 Å². The molecule has 6 heteroatoms. The minimum atomic E-state index is -1.06. The molecule has 18 heavy (non-hydrogen) atoms. The van der Waals surface area contributed by atoms with Crippen LogP contribution in [0.15, 0.2) is 24.3 Å². The van der Waals surface area contributed by atoms with Gasteiger partial charge in [-0.3, -0.25) is 9.59 Å². The normalized spacial score (nSPS) is 9.83. The molecule has 0 radical (unpaired) electrons. The fraction of sp³-hybridized carbons (Fsp3) is 0.250. The van der Waals surface area contributed by atoms with Crippen LogP contribution in [0.2, 0.25) is 0 Å². The molecule has 1 rings (SSSR count). The van der Waals surface area contributed by atoms with Crippen molar-refractivity contribution in [2.45, 2.75) is 6.42 Å². The van der Waals surface area contributed by atoms with E-state index in [1.807, 2.05) is 0 Å². The maximum atomic E-state index is 11.8. The Labute approximate surface area is 103 Å². The lowest BCUT2D eigenvalue weighted by atomic mass is 10.1. The molecular weight excluding hydrogens is 238 g/mol. The van der Waals surface area contributed by atoms with Gasteiger partial charge in [0.25, 0.3) is 5.91 Å². The lowest BCUT2D eigenvalue weighted by Gasteiger charge is -2.15. The fourth-order valence-corrected chi connectivity index (χ4v) is 1.34. The minimum Gasteiger partial charge on any atom is -0.481 e. The highest BCUT2D eigenvalue weighted by Crippen LogP contribution is 2.07. The molecule has 0 spiro atoms. The first kappa shape index (κ1) is 13.7. The Bertz CT molecular complexity index is 466. The average molecular weight is 251 g/mol. The number of aliphatic carboxylic acids is 1. The van der Waals surface area contributed by atoms with Gasteiger partial charge in [-0.05, 0) is 24.3 Å². The molecule has 0 bridgehead atoms. The van der Waals surface area contributed by atoms with Crippen LogP contribution in [0.4, 0.5) is 0 Å². The summed E-state index contributed by atoms with van der Waals surface area (Å²) in [7, 11) is 1.50. The molecule has 0 heterocycles. The number of amides is 1. The molecule has 96 valence electrons. The van der Waals surface area contributed by atoms with E-state index < -0.39 is 11.9 Å². The van der Waals surface area contributed by atoms with Gasteiger partial charge in [-0.15, -0.1) is 0 Å². The van der Waals surface area contributed by atoms with E-state index >= 15 is 0 Å². The maximum absolute atomic E-state index is 11.8. The van der Waals surface area contributed by atoms with E-state index in [1.54, 1.807) is 0 Å². The van der Waals surface area contributed by atoms with Gasteiger partial charge >= 0.3 is 11.9 Å². The number of rotatable bonds is 5. The van der Waals surface area contributed by atoms with Crippen molar-refractivity contribution in [1.82, 2.24) is 4.90 Å². The summed E-state index contributed by atoms with van der Waals surface area (Å²) >= 11 is 0. The van der Waals surface area contributed by atoms with E-state index in [0.717, 1.165) is 0 Å². The van der Waals surface area contributed by atoms with E-state index in [4.69, 9.17) is 10.2 Å². The summed E-state index contributed by atoms with van der Waals surface area (Å²) in [5.74, 6) is -2.38. The molecule has 1 aromatic rings. The van der Waals surface area contributed by atoms with Crippen LogP contribution >= 0.6 is 0 Å². The number of nitrogens with zero attached hydrogens (tertiary/aromatic N) is 1.